The number of aromatic nitrogens is 3. The molecular formula is C9H8ClF3N4. The molecule has 0 aliphatic rings. The van der Waals surface area contributed by atoms with Crippen molar-refractivity contribution in [3.8, 4) is 0 Å². The summed E-state index contributed by atoms with van der Waals surface area (Å²) in [4.78, 5) is 0. The van der Waals surface area contributed by atoms with Crippen molar-refractivity contribution < 1.29 is 13.2 Å². The normalized spacial score (nSPS) is 14.2. The maximum Gasteiger partial charge on any atom is 0.417 e. The Kier molecular flexibility index (Phi) is 2.75. The molecule has 0 unspecified atom stereocenters. The standard InChI is InChI=1S/C9H8ClF3N4/c1-4(14)7-15-16-8-6(10)2-5(3-17(7)8)9(11,12)13/h2-4H,14H2,1H3/t4-/m0/s1. The van der Waals surface area contributed by atoms with Crippen molar-refractivity contribution in [2.45, 2.75) is 19.1 Å². The summed E-state index contributed by atoms with van der Waals surface area (Å²) >= 11 is 5.72. The van der Waals surface area contributed by atoms with Gasteiger partial charge in [-0.05, 0) is 13.0 Å². The van der Waals surface area contributed by atoms with Gasteiger partial charge in [0.15, 0.2) is 11.5 Å². The van der Waals surface area contributed by atoms with Crippen LogP contribution in [-0.2, 0) is 6.18 Å². The number of rotatable bonds is 1. The van der Waals surface area contributed by atoms with E-state index in [4.69, 9.17) is 17.3 Å². The van der Waals surface area contributed by atoms with Gasteiger partial charge in [-0.3, -0.25) is 4.40 Å². The second-order valence-electron chi connectivity index (χ2n) is 3.61. The first kappa shape index (κ1) is 12.1. The molecule has 0 aromatic carbocycles. The molecule has 1 atom stereocenters. The molecule has 0 amide bonds. The highest BCUT2D eigenvalue weighted by atomic mass is 35.5. The molecular weight excluding hydrogens is 257 g/mol. The summed E-state index contributed by atoms with van der Waals surface area (Å²) in [5.74, 6) is 0.230. The molecule has 0 spiro atoms. The minimum atomic E-state index is -4.47. The third-order valence-electron chi connectivity index (χ3n) is 2.22. The van der Waals surface area contributed by atoms with Crippen LogP contribution in [0.4, 0.5) is 13.2 Å². The van der Waals surface area contributed by atoms with Gasteiger partial charge in [0, 0.05) is 6.20 Å². The molecule has 2 aromatic heterocycles. The summed E-state index contributed by atoms with van der Waals surface area (Å²) in [6, 6.07) is 0.279. The van der Waals surface area contributed by atoms with E-state index in [1.54, 1.807) is 6.92 Å². The summed E-state index contributed by atoms with van der Waals surface area (Å²) in [6.45, 7) is 1.60. The fraction of sp³-hybridized carbons (Fsp3) is 0.333. The van der Waals surface area contributed by atoms with Crippen molar-refractivity contribution in [3.63, 3.8) is 0 Å². The van der Waals surface area contributed by atoms with Crippen LogP contribution in [0.2, 0.25) is 5.02 Å². The Morgan fingerprint density at radius 2 is 2.06 bits per heavy atom. The number of pyridine rings is 1. The number of nitrogens with zero attached hydrogens (tertiary/aromatic N) is 3. The summed E-state index contributed by atoms with van der Waals surface area (Å²) < 4.78 is 38.9. The number of alkyl halides is 3. The van der Waals surface area contributed by atoms with Gasteiger partial charge in [-0.2, -0.15) is 13.2 Å². The predicted molar refractivity (Wildman–Crippen MR) is 55.6 cm³/mol. The number of hydrogen-bond acceptors (Lipinski definition) is 3. The van der Waals surface area contributed by atoms with Crippen LogP contribution in [0.1, 0.15) is 24.4 Å². The largest absolute Gasteiger partial charge is 0.417 e. The lowest BCUT2D eigenvalue weighted by molar-refractivity contribution is -0.137. The van der Waals surface area contributed by atoms with E-state index in [2.05, 4.69) is 10.2 Å². The van der Waals surface area contributed by atoms with Crippen molar-refractivity contribution in [3.05, 3.63) is 28.7 Å². The second kappa shape index (κ2) is 3.85. The molecule has 17 heavy (non-hydrogen) atoms. The molecule has 8 heteroatoms. The highest BCUT2D eigenvalue weighted by Crippen LogP contribution is 2.32. The van der Waals surface area contributed by atoms with Gasteiger partial charge in [-0.15, -0.1) is 10.2 Å². The van der Waals surface area contributed by atoms with Gasteiger partial charge in [-0.25, -0.2) is 0 Å². The molecule has 0 aliphatic carbocycles. The maximum atomic E-state index is 12.6. The van der Waals surface area contributed by atoms with Gasteiger partial charge >= 0.3 is 6.18 Å². The molecule has 0 radical (unpaired) electrons. The zero-order valence-corrected chi connectivity index (χ0v) is 9.42. The lowest BCUT2D eigenvalue weighted by Gasteiger charge is -2.09. The van der Waals surface area contributed by atoms with E-state index in [9.17, 15) is 13.2 Å². The van der Waals surface area contributed by atoms with Crippen LogP contribution in [0.25, 0.3) is 5.65 Å². The van der Waals surface area contributed by atoms with Crippen molar-refractivity contribution in [2.24, 2.45) is 5.73 Å². The van der Waals surface area contributed by atoms with Crippen LogP contribution in [0, 0.1) is 0 Å². The van der Waals surface area contributed by atoms with E-state index in [0.717, 1.165) is 16.7 Å². The topological polar surface area (TPSA) is 56.2 Å². The lowest BCUT2D eigenvalue weighted by atomic mass is 10.2. The molecule has 0 bridgehead atoms. The third kappa shape index (κ3) is 2.07. The van der Waals surface area contributed by atoms with Gasteiger partial charge in [0.2, 0.25) is 0 Å². The summed E-state index contributed by atoms with van der Waals surface area (Å²) in [5.41, 5.74) is 4.88. The highest BCUT2D eigenvalue weighted by Gasteiger charge is 2.32. The van der Waals surface area contributed by atoms with Gasteiger partial charge in [0.25, 0.3) is 0 Å². The van der Waals surface area contributed by atoms with E-state index in [1.807, 2.05) is 0 Å². The number of nitrogens with two attached hydrogens (primary N) is 1. The first-order valence-electron chi connectivity index (χ1n) is 4.67. The Hall–Kier alpha value is -1.34. The zero-order chi connectivity index (χ0) is 12.8. The Morgan fingerprint density at radius 3 is 2.59 bits per heavy atom. The van der Waals surface area contributed by atoms with Crippen molar-refractivity contribution in [2.75, 3.05) is 0 Å². The Bertz CT molecular complexity index is 561. The molecule has 2 heterocycles. The highest BCUT2D eigenvalue weighted by molar-refractivity contribution is 6.33. The smallest absolute Gasteiger partial charge is 0.322 e. The maximum absolute atomic E-state index is 12.6. The molecule has 0 saturated carbocycles. The monoisotopic (exact) mass is 264 g/mol. The van der Waals surface area contributed by atoms with Gasteiger partial charge < -0.3 is 5.73 Å². The molecule has 0 fully saturated rings. The van der Waals surface area contributed by atoms with Crippen molar-refractivity contribution in [1.82, 2.24) is 14.6 Å². The minimum Gasteiger partial charge on any atom is -0.322 e. The Labute approximate surface area is 99.2 Å². The fourth-order valence-corrected chi connectivity index (χ4v) is 1.68. The van der Waals surface area contributed by atoms with Crippen LogP contribution in [0.15, 0.2) is 12.3 Å². The third-order valence-corrected chi connectivity index (χ3v) is 2.50. The van der Waals surface area contributed by atoms with E-state index in [1.165, 1.54) is 0 Å². The van der Waals surface area contributed by atoms with E-state index in [-0.39, 0.29) is 16.5 Å². The number of fused-ring (bicyclic) bond motifs is 1. The minimum absolute atomic E-state index is 0.112. The number of hydrogen-bond donors (Lipinski definition) is 1. The van der Waals surface area contributed by atoms with Crippen molar-refractivity contribution in [1.29, 1.82) is 0 Å². The van der Waals surface area contributed by atoms with Crippen LogP contribution in [0.3, 0.4) is 0 Å². The molecule has 2 aromatic rings. The van der Waals surface area contributed by atoms with Gasteiger partial charge in [-0.1, -0.05) is 11.6 Å². The van der Waals surface area contributed by atoms with E-state index >= 15 is 0 Å². The molecule has 92 valence electrons. The quantitative estimate of drug-likeness (QED) is 0.861. The Balaban J connectivity index is 2.74. The summed E-state index contributed by atoms with van der Waals surface area (Å²) in [6.07, 6.45) is -3.59. The van der Waals surface area contributed by atoms with Crippen LogP contribution < -0.4 is 5.73 Å². The predicted octanol–water partition coefficient (Wildman–Crippen LogP) is 2.42. The van der Waals surface area contributed by atoms with Crippen LogP contribution >= 0.6 is 11.6 Å². The molecule has 4 nitrogen and oxygen atoms in total. The van der Waals surface area contributed by atoms with Crippen LogP contribution in [0.5, 0.6) is 0 Å². The summed E-state index contributed by atoms with van der Waals surface area (Å²) in [5, 5.41) is 7.30. The van der Waals surface area contributed by atoms with E-state index < -0.39 is 17.8 Å². The molecule has 2 rings (SSSR count). The first-order chi connectivity index (χ1) is 7.80. The molecule has 2 N–H and O–H groups in total. The lowest BCUT2D eigenvalue weighted by Crippen LogP contribution is -2.12. The second-order valence-corrected chi connectivity index (χ2v) is 4.02. The van der Waals surface area contributed by atoms with Gasteiger partial charge in [0.05, 0.1) is 16.6 Å². The zero-order valence-electron chi connectivity index (χ0n) is 8.66. The van der Waals surface area contributed by atoms with Crippen LogP contribution in [-0.4, -0.2) is 14.6 Å². The average molecular weight is 265 g/mol. The first-order valence-corrected chi connectivity index (χ1v) is 5.05. The number of halogens is 4. The molecule has 0 saturated heterocycles. The fourth-order valence-electron chi connectivity index (χ4n) is 1.44. The summed E-state index contributed by atoms with van der Waals surface area (Å²) in [7, 11) is 0. The van der Waals surface area contributed by atoms with Crippen molar-refractivity contribution >= 4 is 17.2 Å². The van der Waals surface area contributed by atoms with Gasteiger partial charge in [0.1, 0.15) is 0 Å². The SMILES string of the molecule is C[C@H](N)c1nnc2c(Cl)cc(C(F)(F)F)cn12. The average Bonchev–Trinajstić information content (AvgIpc) is 2.60. The molecule has 0 aliphatic heterocycles. The Morgan fingerprint density at radius 1 is 1.41 bits per heavy atom. The van der Waals surface area contributed by atoms with E-state index in [0.29, 0.717) is 0 Å².